The lowest BCUT2D eigenvalue weighted by atomic mass is 9.80. The average Bonchev–Trinajstić information content (AvgIpc) is 1.73. The highest BCUT2D eigenvalue weighted by Gasteiger charge is 2.62. The summed E-state index contributed by atoms with van der Waals surface area (Å²) < 4.78 is 84.2. The van der Waals surface area contributed by atoms with Crippen molar-refractivity contribution in [3.63, 3.8) is 0 Å². The van der Waals surface area contributed by atoms with Crippen molar-refractivity contribution in [1.29, 1.82) is 0 Å². The van der Waals surface area contributed by atoms with Crippen molar-refractivity contribution in [3.8, 4) is 0 Å². The van der Waals surface area contributed by atoms with E-state index in [0.29, 0.717) is 0 Å². The van der Waals surface area contributed by atoms with Crippen molar-refractivity contribution in [2.75, 3.05) is 19.8 Å². The van der Waals surface area contributed by atoms with E-state index in [4.69, 9.17) is 52.1 Å². The molecule has 520 valence electrons. The van der Waals surface area contributed by atoms with E-state index >= 15 is 0 Å². The number of rotatable bonds is 33. The van der Waals surface area contributed by atoms with Gasteiger partial charge in [0.2, 0.25) is 5.79 Å². The summed E-state index contributed by atoms with van der Waals surface area (Å²) in [6.45, 7) is 0.722. The molecule has 12 aromatic carbocycles. The summed E-state index contributed by atoms with van der Waals surface area (Å²) in [6.07, 6.45) is -8.10. The van der Waals surface area contributed by atoms with Gasteiger partial charge in [0.1, 0.15) is 60.5 Å². The van der Waals surface area contributed by atoms with Gasteiger partial charge in [0, 0.05) is 0 Å². The molecule has 0 amide bonds. The van der Waals surface area contributed by atoms with Gasteiger partial charge in [0.15, 0.2) is 6.29 Å². The second kappa shape index (κ2) is 34.9. The van der Waals surface area contributed by atoms with E-state index in [2.05, 4.69) is 109 Å². The molecule has 0 aliphatic carbocycles. The molecule has 0 N–H and O–H groups in total. The molecule has 11 heteroatoms. The second-order valence-electron chi connectivity index (χ2n) is 26.0. The van der Waals surface area contributed by atoms with Gasteiger partial charge in [-0.2, -0.15) is 0 Å². The Bertz CT molecular complexity index is 4200. The Balaban J connectivity index is 0.950. The van der Waals surface area contributed by atoms with Crippen LogP contribution in [0.5, 0.6) is 0 Å². The molecule has 0 unspecified atom stereocenters. The SMILES string of the molecule is c1ccc(COC[C@@]2(O[C@H]3O[C@H](COC(c4ccccc4)(c4ccccc4)c4ccccc4)[C@@H](OCc4ccccc4)[C@H](OCc4ccccc4)[C@H]3OCc3ccccc3)O[C@H](COC(c3ccccc3)(c3ccccc3)c3ccccc3)[C@@H](OCc3ccccc3)[C@@H]2OCc2ccccc2)cc1. The Kier molecular flexibility index (Phi) is 23.8. The first-order valence-corrected chi connectivity index (χ1v) is 35.5. The predicted octanol–water partition coefficient (Wildman–Crippen LogP) is 18.0. The van der Waals surface area contributed by atoms with Crippen molar-refractivity contribution < 1.29 is 52.1 Å². The van der Waals surface area contributed by atoms with Crippen molar-refractivity contribution in [2.45, 2.75) is 106 Å². The van der Waals surface area contributed by atoms with Crippen LogP contribution in [0.1, 0.15) is 66.8 Å². The molecule has 12 aromatic rings. The van der Waals surface area contributed by atoms with E-state index in [9.17, 15) is 0 Å². The molecule has 0 saturated carbocycles. The highest BCUT2D eigenvalue weighted by atomic mass is 16.8. The molecule has 0 radical (unpaired) electrons. The van der Waals surface area contributed by atoms with Crippen molar-refractivity contribution in [2.24, 2.45) is 0 Å². The lowest BCUT2D eigenvalue weighted by Gasteiger charge is -2.49. The third-order valence-electron chi connectivity index (χ3n) is 19.2. The molecular formula is C92H86O11. The van der Waals surface area contributed by atoms with Gasteiger partial charge in [0.25, 0.3) is 0 Å². The van der Waals surface area contributed by atoms with Crippen LogP contribution in [0.3, 0.4) is 0 Å². The van der Waals surface area contributed by atoms with Gasteiger partial charge in [-0.3, -0.25) is 0 Å². The minimum atomic E-state index is -1.90. The Labute approximate surface area is 605 Å². The smallest absolute Gasteiger partial charge is 0.224 e. The first-order valence-electron chi connectivity index (χ1n) is 35.5. The van der Waals surface area contributed by atoms with Crippen LogP contribution in [0.15, 0.2) is 364 Å². The van der Waals surface area contributed by atoms with E-state index in [1.807, 2.05) is 255 Å². The molecule has 2 aliphatic rings. The molecule has 0 bridgehead atoms. The van der Waals surface area contributed by atoms with Gasteiger partial charge < -0.3 is 52.1 Å². The third kappa shape index (κ3) is 17.0. The zero-order chi connectivity index (χ0) is 69.6. The van der Waals surface area contributed by atoms with E-state index in [-0.39, 0.29) is 59.5 Å². The van der Waals surface area contributed by atoms with Crippen LogP contribution >= 0.6 is 0 Å². The number of hydrogen-bond acceptors (Lipinski definition) is 11. The van der Waals surface area contributed by atoms with E-state index in [0.717, 1.165) is 66.8 Å². The maximum atomic E-state index is 8.14. The fourth-order valence-electron chi connectivity index (χ4n) is 14.2. The molecule has 14 rings (SSSR count). The Morgan fingerprint density at radius 3 is 0.854 bits per heavy atom. The van der Waals surface area contributed by atoms with Crippen LogP contribution in [-0.4, -0.2) is 74.6 Å². The molecule has 0 aromatic heterocycles. The van der Waals surface area contributed by atoms with Crippen LogP contribution in [0, 0.1) is 0 Å². The Morgan fingerprint density at radius 1 is 0.262 bits per heavy atom. The molecule has 103 heavy (non-hydrogen) atoms. The van der Waals surface area contributed by atoms with Gasteiger partial charge in [-0.25, -0.2) is 0 Å². The monoisotopic (exact) mass is 1370 g/mol. The van der Waals surface area contributed by atoms with Crippen LogP contribution in [0.2, 0.25) is 0 Å². The first-order chi connectivity index (χ1) is 51.0. The van der Waals surface area contributed by atoms with Gasteiger partial charge in [0.05, 0.1) is 52.9 Å². The highest BCUT2D eigenvalue weighted by Crippen LogP contribution is 2.47. The van der Waals surface area contributed by atoms with Gasteiger partial charge in [-0.1, -0.05) is 364 Å². The molecule has 2 aliphatic heterocycles. The largest absolute Gasteiger partial charge is 0.371 e. The van der Waals surface area contributed by atoms with Gasteiger partial charge in [-0.15, -0.1) is 0 Å². The normalized spacial score (nSPS) is 20.5. The predicted molar refractivity (Wildman–Crippen MR) is 399 cm³/mol. The van der Waals surface area contributed by atoms with Crippen molar-refractivity contribution in [1.82, 2.24) is 0 Å². The summed E-state index contributed by atoms with van der Waals surface area (Å²) in [5.74, 6) is -1.90. The Morgan fingerprint density at radius 2 is 0.524 bits per heavy atom. The van der Waals surface area contributed by atoms with E-state index in [1.54, 1.807) is 0 Å². The van der Waals surface area contributed by atoms with Crippen LogP contribution in [0.4, 0.5) is 0 Å². The summed E-state index contributed by atoms with van der Waals surface area (Å²) >= 11 is 0. The van der Waals surface area contributed by atoms with E-state index in [1.165, 1.54) is 0 Å². The van der Waals surface area contributed by atoms with Crippen LogP contribution in [0.25, 0.3) is 0 Å². The summed E-state index contributed by atoms with van der Waals surface area (Å²) in [5, 5.41) is 0. The Hall–Kier alpha value is -9.80. The molecule has 2 fully saturated rings. The second-order valence-corrected chi connectivity index (χ2v) is 26.0. The van der Waals surface area contributed by atoms with Crippen LogP contribution in [-0.2, 0) is 103 Å². The highest BCUT2D eigenvalue weighted by molar-refractivity contribution is 5.49. The maximum absolute atomic E-state index is 8.14. The zero-order valence-corrected chi connectivity index (χ0v) is 57.6. The number of ether oxygens (including phenoxy) is 11. The summed E-state index contributed by atoms with van der Waals surface area (Å²) in [7, 11) is 0. The number of benzene rings is 12. The van der Waals surface area contributed by atoms with Gasteiger partial charge in [-0.05, 0) is 66.8 Å². The fourth-order valence-corrected chi connectivity index (χ4v) is 14.2. The molecular weight excluding hydrogens is 1280 g/mol. The topological polar surface area (TPSA) is 102 Å². The molecule has 11 nitrogen and oxygen atoms in total. The maximum Gasteiger partial charge on any atom is 0.224 e. The van der Waals surface area contributed by atoms with Crippen molar-refractivity contribution in [3.05, 3.63) is 431 Å². The molecule has 2 heterocycles. The lowest BCUT2D eigenvalue weighted by molar-refractivity contribution is -0.399. The standard InChI is InChI=1S/C92H86O11/c1-13-37-70(38-14-1)61-93-69-90(88(98-66-75-47-23-6-24-48-75)85(95-63-72-41-17-3-18-42-72)83(102-90)68-100-92(79-55-31-10-32-56-79,80-57-33-11-34-58-80)81-59-35-12-36-60-81)103-89-87(97-65-74-45-21-5-22-46-74)86(96-64-73-43-19-4-20-44-73)84(94-62-71-39-15-2-16-40-71)82(101-89)67-99-91(76-49-25-7-26-50-76,77-51-27-8-28-52-77)78-53-29-9-30-54-78/h1-60,82-89H,61-69H2/t82-,83-,84-,85-,86+,87-,88+,89-,90+/m1/s1. The average molecular weight is 1370 g/mol. The number of hydrogen-bond donors (Lipinski definition) is 0. The van der Waals surface area contributed by atoms with Crippen molar-refractivity contribution >= 4 is 0 Å². The lowest BCUT2D eigenvalue weighted by Crippen LogP contribution is -2.65. The minimum absolute atomic E-state index is 0.0399. The zero-order valence-electron chi connectivity index (χ0n) is 57.6. The quantitative estimate of drug-likeness (QED) is 0.0368. The third-order valence-corrected chi connectivity index (χ3v) is 19.2. The first kappa shape index (κ1) is 70.2. The summed E-state index contributed by atoms with van der Waals surface area (Å²) in [5.41, 5.74) is 8.75. The molecule has 2 saturated heterocycles. The van der Waals surface area contributed by atoms with Gasteiger partial charge >= 0.3 is 0 Å². The summed E-state index contributed by atoms with van der Waals surface area (Å²) in [6, 6.07) is 123. The fraction of sp³-hybridized carbons (Fsp3) is 0.217. The van der Waals surface area contributed by atoms with E-state index < -0.39 is 66.0 Å². The van der Waals surface area contributed by atoms with Crippen LogP contribution < -0.4 is 0 Å². The molecule has 0 spiro atoms. The molecule has 9 atom stereocenters. The summed E-state index contributed by atoms with van der Waals surface area (Å²) in [4.78, 5) is 0. The minimum Gasteiger partial charge on any atom is -0.371 e.